The molecule has 0 aliphatic carbocycles. The highest BCUT2D eigenvalue weighted by molar-refractivity contribution is 7.45. The molecule has 1 aromatic carbocycles. The van der Waals surface area contributed by atoms with Crippen molar-refractivity contribution in [3.8, 4) is 17.1 Å². The van der Waals surface area contributed by atoms with Crippen LogP contribution in [0.15, 0.2) is 29.2 Å². The molecule has 7 nitrogen and oxygen atoms in total. The van der Waals surface area contributed by atoms with Crippen LogP contribution >= 0.6 is 8.38 Å². The minimum atomic E-state index is -2.23. The summed E-state index contributed by atoms with van der Waals surface area (Å²) in [7, 11) is -0.901. The van der Waals surface area contributed by atoms with Crippen LogP contribution in [0.1, 0.15) is 5.56 Å². The molecule has 0 aliphatic heterocycles. The molecule has 3 rings (SSSR count). The quantitative estimate of drug-likeness (QED) is 0.584. The van der Waals surface area contributed by atoms with Gasteiger partial charge in [-0.25, -0.2) is 18.9 Å². The van der Waals surface area contributed by atoms with Crippen molar-refractivity contribution >= 4 is 19.1 Å². The predicted octanol–water partition coefficient (Wildman–Crippen LogP) is 2.11. The van der Waals surface area contributed by atoms with Gasteiger partial charge in [0.1, 0.15) is 17.0 Å². The summed E-state index contributed by atoms with van der Waals surface area (Å²) < 4.78 is 33.7. The van der Waals surface area contributed by atoms with Crippen LogP contribution in [0.5, 0.6) is 5.88 Å². The van der Waals surface area contributed by atoms with Crippen molar-refractivity contribution in [3.63, 3.8) is 0 Å². The number of H-pyrrole nitrogens is 1. The molecule has 0 amide bonds. The maximum absolute atomic E-state index is 14.3. The van der Waals surface area contributed by atoms with E-state index < -0.39 is 25.6 Å². The SMILES string of the molecule is COc1nc(-c2cc(F)c(CCP(O)O)c(F)c2)cc2cn[nH]c(=O)c12. The van der Waals surface area contributed by atoms with Gasteiger partial charge in [-0.1, -0.05) is 0 Å². The number of nitrogens with one attached hydrogen (secondary N) is 1. The van der Waals surface area contributed by atoms with Crippen LogP contribution < -0.4 is 10.3 Å². The van der Waals surface area contributed by atoms with Crippen LogP contribution in [0, 0.1) is 11.6 Å². The highest BCUT2D eigenvalue weighted by Gasteiger charge is 2.17. The van der Waals surface area contributed by atoms with Gasteiger partial charge in [-0.2, -0.15) is 5.10 Å². The lowest BCUT2D eigenvalue weighted by Gasteiger charge is -2.10. The van der Waals surface area contributed by atoms with Gasteiger partial charge in [-0.05, 0) is 24.6 Å². The molecule has 0 unspecified atom stereocenters. The summed E-state index contributed by atoms with van der Waals surface area (Å²) in [6.45, 7) is 0. The van der Waals surface area contributed by atoms with E-state index >= 15 is 0 Å². The van der Waals surface area contributed by atoms with Crippen molar-refractivity contribution < 1.29 is 23.3 Å². The number of rotatable bonds is 5. The molecular weight excluding hydrogens is 367 g/mol. The van der Waals surface area contributed by atoms with E-state index in [2.05, 4.69) is 15.2 Å². The van der Waals surface area contributed by atoms with Gasteiger partial charge in [0.25, 0.3) is 5.56 Å². The van der Waals surface area contributed by atoms with Gasteiger partial charge in [0.2, 0.25) is 5.88 Å². The molecule has 0 spiro atoms. The van der Waals surface area contributed by atoms with Gasteiger partial charge in [-0.3, -0.25) is 4.79 Å². The Balaban J connectivity index is 2.11. The number of hydrogen-bond acceptors (Lipinski definition) is 6. The van der Waals surface area contributed by atoms with Crippen molar-refractivity contribution in [2.45, 2.75) is 6.42 Å². The number of methoxy groups -OCH3 is 1. The van der Waals surface area contributed by atoms with Gasteiger partial charge < -0.3 is 14.5 Å². The predicted molar refractivity (Wildman–Crippen MR) is 92.0 cm³/mol. The standard InChI is InChI=1S/C16H14F2N3O4P/c1-25-16-14-9(7-19-21-15(14)22)6-13(20-16)8-4-11(17)10(12(18)5-8)2-3-26(23)24/h4-7,23-24H,2-3H2,1H3,(H,21,22). The van der Waals surface area contributed by atoms with E-state index in [9.17, 15) is 13.6 Å². The highest BCUT2D eigenvalue weighted by atomic mass is 31.2. The van der Waals surface area contributed by atoms with Crippen LogP contribution in [0.4, 0.5) is 8.78 Å². The lowest BCUT2D eigenvalue weighted by molar-refractivity contribution is 0.403. The van der Waals surface area contributed by atoms with Crippen molar-refractivity contribution in [1.29, 1.82) is 0 Å². The van der Waals surface area contributed by atoms with Crippen LogP contribution in [0.25, 0.3) is 22.0 Å². The van der Waals surface area contributed by atoms with E-state index in [4.69, 9.17) is 14.5 Å². The summed E-state index contributed by atoms with van der Waals surface area (Å²) >= 11 is 0. The summed E-state index contributed by atoms with van der Waals surface area (Å²) in [5, 5.41) is 6.56. The molecule has 26 heavy (non-hydrogen) atoms. The van der Waals surface area contributed by atoms with Crippen molar-refractivity contribution in [2.75, 3.05) is 13.3 Å². The first-order chi connectivity index (χ1) is 12.4. The molecule has 3 aromatic rings. The Morgan fingerprint density at radius 1 is 1.23 bits per heavy atom. The fourth-order valence-electron chi connectivity index (χ4n) is 2.58. The molecule has 0 radical (unpaired) electrons. The molecule has 0 fully saturated rings. The van der Waals surface area contributed by atoms with E-state index in [1.807, 2.05) is 0 Å². The van der Waals surface area contributed by atoms with Gasteiger partial charge in [0.05, 0.1) is 19.0 Å². The summed E-state index contributed by atoms with van der Waals surface area (Å²) in [5.74, 6) is -1.62. The Labute approximate surface area is 147 Å². The average Bonchev–Trinajstić information content (AvgIpc) is 2.59. The molecule has 0 aliphatic rings. The lowest BCUT2D eigenvalue weighted by Crippen LogP contribution is -2.10. The third kappa shape index (κ3) is 3.55. The fraction of sp³-hybridized carbons (Fsp3) is 0.188. The van der Waals surface area contributed by atoms with Gasteiger partial charge in [0.15, 0.2) is 8.38 Å². The number of benzene rings is 1. The molecule has 3 N–H and O–H groups in total. The number of aromatic amines is 1. The normalized spacial score (nSPS) is 11.3. The number of ether oxygens (including phenoxy) is 1. The van der Waals surface area contributed by atoms with Crippen molar-refractivity contribution in [3.05, 3.63) is 51.9 Å². The molecule has 2 aromatic heterocycles. The van der Waals surface area contributed by atoms with Crippen LogP contribution in [-0.4, -0.2) is 38.2 Å². The third-order valence-corrected chi connectivity index (χ3v) is 4.43. The summed E-state index contributed by atoms with van der Waals surface area (Å²) in [6, 6.07) is 3.68. The van der Waals surface area contributed by atoms with Crippen LogP contribution in [0.3, 0.4) is 0 Å². The van der Waals surface area contributed by atoms with Gasteiger partial charge in [0, 0.05) is 22.7 Å². The van der Waals surface area contributed by atoms with Crippen LogP contribution in [-0.2, 0) is 6.42 Å². The Morgan fingerprint density at radius 3 is 2.54 bits per heavy atom. The fourth-order valence-corrected chi connectivity index (χ4v) is 3.01. The summed E-state index contributed by atoms with van der Waals surface area (Å²) in [5.41, 5.74) is -0.358. The maximum Gasteiger partial charge on any atom is 0.277 e. The maximum atomic E-state index is 14.3. The first kappa shape index (κ1) is 18.3. The first-order valence-corrected chi connectivity index (χ1v) is 8.90. The van der Waals surface area contributed by atoms with Gasteiger partial charge >= 0.3 is 0 Å². The second-order valence-corrected chi connectivity index (χ2v) is 6.64. The Morgan fingerprint density at radius 2 is 1.92 bits per heavy atom. The zero-order valence-electron chi connectivity index (χ0n) is 13.5. The number of aromatic nitrogens is 3. The number of pyridine rings is 1. The topological polar surface area (TPSA) is 108 Å². The van der Waals surface area contributed by atoms with E-state index in [1.54, 1.807) is 0 Å². The second kappa shape index (κ2) is 7.41. The Kier molecular flexibility index (Phi) is 5.22. The molecule has 136 valence electrons. The highest BCUT2D eigenvalue weighted by Crippen LogP contribution is 2.30. The Bertz CT molecular complexity index is 1000. The average molecular weight is 381 g/mol. The monoisotopic (exact) mass is 381 g/mol. The molecule has 0 saturated carbocycles. The largest absolute Gasteiger partial charge is 0.480 e. The van der Waals surface area contributed by atoms with E-state index in [0.717, 1.165) is 12.1 Å². The molecule has 10 heteroatoms. The van der Waals surface area contributed by atoms with E-state index in [1.165, 1.54) is 19.4 Å². The number of nitrogens with zero attached hydrogens (tertiary/aromatic N) is 2. The zero-order valence-corrected chi connectivity index (χ0v) is 14.4. The number of hydrogen-bond donors (Lipinski definition) is 3. The molecule has 0 bridgehead atoms. The summed E-state index contributed by atoms with van der Waals surface area (Å²) in [6.07, 6.45) is 1.12. The van der Waals surface area contributed by atoms with Gasteiger partial charge in [-0.15, -0.1) is 0 Å². The third-order valence-electron chi connectivity index (χ3n) is 3.81. The van der Waals surface area contributed by atoms with Crippen molar-refractivity contribution in [1.82, 2.24) is 15.2 Å². The molecule has 0 saturated heterocycles. The molecule has 2 heterocycles. The number of halogens is 2. The minimum Gasteiger partial charge on any atom is -0.480 e. The Hall–Kier alpha value is -2.48. The zero-order chi connectivity index (χ0) is 18.8. The molecular formula is C16H14F2N3O4P. The van der Waals surface area contributed by atoms with Crippen LogP contribution in [0.2, 0.25) is 0 Å². The lowest BCUT2D eigenvalue weighted by atomic mass is 10.0. The first-order valence-electron chi connectivity index (χ1n) is 7.46. The smallest absolute Gasteiger partial charge is 0.277 e. The van der Waals surface area contributed by atoms with E-state index in [0.29, 0.717) is 5.39 Å². The number of fused-ring (bicyclic) bond motifs is 1. The van der Waals surface area contributed by atoms with E-state index in [-0.39, 0.29) is 40.7 Å². The molecule has 0 atom stereocenters. The van der Waals surface area contributed by atoms with Crippen molar-refractivity contribution in [2.24, 2.45) is 0 Å². The second-order valence-electron chi connectivity index (χ2n) is 5.44. The summed E-state index contributed by atoms with van der Waals surface area (Å²) in [4.78, 5) is 33.9. The minimum absolute atomic E-state index is 0.0113.